The van der Waals surface area contributed by atoms with E-state index in [-0.39, 0.29) is 30.1 Å². The average Bonchev–Trinajstić information content (AvgIpc) is 2.97. The Kier molecular flexibility index (Phi) is 9.39. The molecule has 2 N–H and O–H groups in total. The van der Waals surface area contributed by atoms with Crippen molar-refractivity contribution in [2.75, 3.05) is 26.2 Å². The van der Waals surface area contributed by atoms with Gasteiger partial charge >= 0.3 is 0 Å². The summed E-state index contributed by atoms with van der Waals surface area (Å²) in [4.78, 5) is 4.48. The number of ether oxygens (including phenoxy) is 1. The van der Waals surface area contributed by atoms with Crippen LogP contribution in [-0.4, -0.2) is 38.3 Å². The highest BCUT2D eigenvalue weighted by Crippen LogP contribution is 2.11. The van der Waals surface area contributed by atoms with Gasteiger partial charge in [0.15, 0.2) is 5.96 Å². The zero-order chi connectivity index (χ0) is 15.8. The molecule has 1 fully saturated rings. The van der Waals surface area contributed by atoms with Crippen LogP contribution < -0.4 is 10.6 Å². The molecule has 0 aromatic heterocycles. The molecule has 0 spiro atoms. The van der Waals surface area contributed by atoms with E-state index in [1.807, 2.05) is 6.92 Å². The highest BCUT2D eigenvalue weighted by Gasteiger charge is 2.14. The maximum absolute atomic E-state index is 13.1. The van der Waals surface area contributed by atoms with Crippen molar-refractivity contribution in [2.45, 2.75) is 32.3 Å². The molecule has 1 aromatic rings. The van der Waals surface area contributed by atoms with Crippen LogP contribution in [0.3, 0.4) is 0 Å². The molecule has 1 aliphatic heterocycles. The minimum absolute atomic E-state index is 0. The van der Waals surface area contributed by atoms with Crippen LogP contribution in [0.1, 0.15) is 25.3 Å². The van der Waals surface area contributed by atoms with Gasteiger partial charge in [-0.3, -0.25) is 4.99 Å². The van der Waals surface area contributed by atoms with E-state index in [9.17, 15) is 8.78 Å². The molecule has 2 rings (SSSR count). The number of halogens is 3. The molecule has 1 unspecified atom stereocenters. The topological polar surface area (TPSA) is 45.7 Å². The molecular weight excluding hydrogens is 415 g/mol. The highest BCUT2D eigenvalue weighted by molar-refractivity contribution is 14.0. The van der Waals surface area contributed by atoms with Crippen molar-refractivity contribution in [3.05, 3.63) is 35.4 Å². The Morgan fingerprint density at radius 3 is 2.61 bits per heavy atom. The lowest BCUT2D eigenvalue weighted by Gasteiger charge is -2.13. The van der Waals surface area contributed by atoms with Crippen molar-refractivity contribution in [1.29, 1.82) is 0 Å². The zero-order valence-electron chi connectivity index (χ0n) is 13.3. The number of guanidine groups is 1. The third kappa shape index (κ3) is 7.43. The van der Waals surface area contributed by atoms with Gasteiger partial charge in [-0.25, -0.2) is 8.78 Å². The molecule has 130 valence electrons. The second-order valence-corrected chi connectivity index (χ2v) is 5.31. The van der Waals surface area contributed by atoms with Gasteiger partial charge in [0.25, 0.3) is 0 Å². The SMILES string of the molecule is CCNC(=NCC1CCCO1)NCCc1cc(F)cc(F)c1.I. The first-order valence-electron chi connectivity index (χ1n) is 7.76. The summed E-state index contributed by atoms with van der Waals surface area (Å²) < 4.78 is 31.8. The van der Waals surface area contributed by atoms with Gasteiger partial charge < -0.3 is 15.4 Å². The molecular formula is C16H24F2IN3O. The van der Waals surface area contributed by atoms with Gasteiger partial charge in [0, 0.05) is 25.8 Å². The predicted molar refractivity (Wildman–Crippen MR) is 98.4 cm³/mol. The Balaban J connectivity index is 0.00000264. The maximum Gasteiger partial charge on any atom is 0.191 e. The average molecular weight is 439 g/mol. The molecule has 0 radical (unpaired) electrons. The first-order chi connectivity index (χ1) is 10.7. The van der Waals surface area contributed by atoms with Crippen LogP contribution in [0.25, 0.3) is 0 Å². The largest absolute Gasteiger partial charge is 0.376 e. The minimum Gasteiger partial charge on any atom is -0.376 e. The van der Waals surface area contributed by atoms with E-state index in [0.29, 0.717) is 31.0 Å². The summed E-state index contributed by atoms with van der Waals surface area (Å²) in [6.45, 7) is 4.75. The van der Waals surface area contributed by atoms with Gasteiger partial charge in [-0.05, 0) is 43.9 Å². The second kappa shape index (κ2) is 10.7. The van der Waals surface area contributed by atoms with E-state index in [2.05, 4.69) is 15.6 Å². The van der Waals surface area contributed by atoms with Gasteiger partial charge in [-0.2, -0.15) is 0 Å². The molecule has 1 aliphatic rings. The molecule has 0 aliphatic carbocycles. The summed E-state index contributed by atoms with van der Waals surface area (Å²) in [6, 6.07) is 3.58. The van der Waals surface area contributed by atoms with E-state index in [4.69, 9.17) is 4.74 Å². The summed E-state index contributed by atoms with van der Waals surface area (Å²) in [5.74, 6) is -0.391. The zero-order valence-corrected chi connectivity index (χ0v) is 15.6. The maximum atomic E-state index is 13.1. The second-order valence-electron chi connectivity index (χ2n) is 5.31. The standard InChI is InChI=1S/C16H23F2N3O.HI/c1-2-19-16(21-11-15-4-3-7-22-15)20-6-5-12-8-13(17)10-14(18)9-12;/h8-10,15H,2-7,11H2,1H3,(H2,19,20,21);1H. The van der Waals surface area contributed by atoms with Crippen LogP contribution in [0.2, 0.25) is 0 Å². The van der Waals surface area contributed by atoms with Gasteiger partial charge in [0.1, 0.15) is 11.6 Å². The predicted octanol–water partition coefficient (Wildman–Crippen LogP) is 2.86. The van der Waals surface area contributed by atoms with Crippen molar-refractivity contribution < 1.29 is 13.5 Å². The lowest BCUT2D eigenvalue weighted by Crippen LogP contribution is -2.39. The fraction of sp³-hybridized carbons (Fsp3) is 0.562. The monoisotopic (exact) mass is 439 g/mol. The van der Waals surface area contributed by atoms with Gasteiger partial charge in [-0.15, -0.1) is 24.0 Å². The van der Waals surface area contributed by atoms with E-state index < -0.39 is 11.6 Å². The van der Waals surface area contributed by atoms with Crippen LogP contribution in [-0.2, 0) is 11.2 Å². The van der Waals surface area contributed by atoms with Crippen molar-refractivity contribution in [3.8, 4) is 0 Å². The normalized spacial score (nSPS) is 17.7. The molecule has 23 heavy (non-hydrogen) atoms. The molecule has 1 aromatic carbocycles. The van der Waals surface area contributed by atoms with E-state index in [1.54, 1.807) is 0 Å². The molecule has 0 amide bonds. The van der Waals surface area contributed by atoms with Crippen molar-refractivity contribution in [2.24, 2.45) is 4.99 Å². The van der Waals surface area contributed by atoms with Crippen LogP contribution in [0.4, 0.5) is 8.78 Å². The molecule has 1 saturated heterocycles. The fourth-order valence-corrected chi connectivity index (χ4v) is 2.40. The van der Waals surface area contributed by atoms with Crippen LogP contribution in [0.5, 0.6) is 0 Å². The Morgan fingerprint density at radius 1 is 1.26 bits per heavy atom. The van der Waals surface area contributed by atoms with Crippen LogP contribution in [0.15, 0.2) is 23.2 Å². The first-order valence-corrected chi connectivity index (χ1v) is 7.76. The Labute approximate surface area is 153 Å². The third-order valence-corrected chi connectivity index (χ3v) is 3.45. The summed E-state index contributed by atoms with van der Waals surface area (Å²) in [5.41, 5.74) is 0.625. The molecule has 1 atom stereocenters. The minimum atomic E-state index is -0.547. The molecule has 1 heterocycles. The molecule has 4 nitrogen and oxygen atoms in total. The van der Waals surface area contributed by atoms with E-state index >= 15 is 0 Å². The number of nitrogens with one attached hydrogen (secondary N) is 2. The number of rotatable bonds is 6. The lowest BCUT2D eigenvalue weighted by atomic mass is 10.1. The smallest absolute Gasteiger partial charge is 0.191 e. The van der Waals surface area contributed by atoms with Crippen LogP contribution >= 0.6 is 24.0 Å². The van der Waals surface area contributed by atoms with E-state index in [1.165, 1.54) is 12.1 Å². The highest BCUT2D eigenvalue weighted by atomic mass is 127. The van der Waals surface area contributed by atoms with Gasteiger partial charge in [-0.1, -0.05) is 0 Å². The molecule has 0 bridgehead atoms. The molecule has 0 saturated carbocycles. The summed E-state index contributed by atoms with van der Waals surface area (Å²) in [6.07, 6.45) is 2.87. The van der Waals surface area contributed by atoms with Crippen molar-refractivity contribution in [3.63, 3.8) is 0 Å². The summed E-state index contributed by atoms with van der Waals surface area (Å²) >= 11 is 0. The Hall–Kier alpha value is -0.960. The van der Waals surface area contributed by atoms with Crippen molar-refractivity contribution in [1.82, 2.24) is 10.6 Å². The number of benzene rings is 1. The summed E-state index contributed by atoms with van der Waals surface area (Å²) in [5, 5.41) is 6.32. The number of aliphatic imine (C=N–C) groups is 1. The number of hydrogen-bond donors (Lipinski definition) is 2. The Morgan fingerprint density at radius 2 is 2.00 bits per heavy atom. The molecule has 7 heteroatoms. The quantitative estimate of drug-likeness (QED) is 0.407. The number of nitrogens with zero attached hydrogens (tertiary/aromatic N) is 1. The first kappa shape index (κ1) is 20.1. The van der Waals surface area contributed by atoms with Gasteiger partial charge in [0.05, 0.1) is 12.6 Å². The van der Waals surface area contributed by atoms with Gasteiger partial charge in [0.2, 0.25) is 0 Å². The Bertz CT molecular complexity index is 488. The summed E-state index contributed by atoms with van der Waals surface area (Å²) in [7, 11) is 0. The third-order valence-electron chi connectivity index (χ3n) is 3.45. The van der Waals surface area contributed by atoms with Crippen molar-refractivity contribution >= 4 is 29.9 Å². The number of hydrogen-bond acceptors (Lipinski definition) is 2. The van der Waals surface area contributed by atoms with E-state index in [0.717, 1.165) is 32.1 Å². The lowest BCUT2D eigenvalue weighted by molar-refractivity contribution is 0.117. The van der Waals surface area contributed by atoms with Crippen LogP contribution in [0, 0.1) is 11.6 Å². The fourth-order valence-electron chi connectivity index (χ4n) is 2.40.